The molecule has 0 radical (unpaired) electrons. The maximum atomic E-state index is 10.4. The van der Waals surface area contributed by atoms with E-state index in [0.29, 0.717) is 5.92 Å². The van der Waals surface area contributed by atoms with Crippen LogP contribution in [0, 0.1) is 23.7 Å². The molecule has 0 aliphatic heterocycles. The summed E-state index contributed by atoms with van der Waals surface area (Å²) in [6.07, 6.45) is 8.04. The second-order valence-corrected chi connectivity index (χ2v) is 6.03. The Balaban J connectivity index is 1.95. The molecule has 4 aliphatic rings. The summed E-state index contributed by atoms with van der Waals surface area (Å²) < 4.78 is 0. The van der Waals surface area contributed by atoms with Gasteiger partial charge < -0.3 is 5.11 Å². The van der Waals surface area contributed by atoms with Crippen molar-refractivity contribution in [1.29, 1.82) is 0 Å². The van der Waals surface area contributed by atoms with Crippen LogP contribution in [0.1, 0.15) is 45.4 Å². The van der Waals surface area contributed by atoms with Gasteiger partial charge >= 0.3 is 0 Å². The van der Waals surface area contributed by atoms with Gasteiger partial charge in [-0.2, -0.15) is 0 Å². The summed E-state index contributed by atoms with van der Waals surface area (Å²) in [5, 5.41) is 10.4. The van der Waals surface area contributed by atoms with Crippen LogP contribution in [0.2, 0.25) is 0 Å². The van der Waals surface area contributed by atoms with Gasteiger partial charge in [0.05, 0.1) is 5.60 Å². The topological polar surface area (TPSA) is 20.2 Å². The molecule has 4 rings (SSSR count). The number of hydrogen-bond donors (Lipinski definition) is 1. The van der Waals surface area contributed by atoms with Crippen LogP contribution in [0.4, 0.5) is 0 Å². The van der Waals surface area contributed by atoms with Crippen molar-refractivity contribution in [2.24, 2.45) is 23.7 Å². The Kier molecular flexibility index (Phi) is 1.59. The molecular weight excluding hydrogens is 160 g/mol. The third-order valence-corrected chi connectivity index (χ3v) is 4.82. The van der Waals surface area contributed by atoms with Crippen LogP contribution < -0.4 is 0 Å². The van der Waals surface area contributed by atoms with Crippen LogP contribution in [-0.2, 0) is 0 Å². The van der Waals surface area contributed by atoms with Crippen LogP contribution in [0.5, 0.6) is 0 Å². The Bertz CT molecular complexity index is 207. The Labute approximate surface area is 80.5 Å². The van der Waals surface area contributed by atoms with E-state index < -0.39 is 0 Å². The molecule has 0 heterocycles. The Morgan fingerprint density at radius 3 is 2.08 bits per heavy atom. The van der Waals surface area contributed by atoms with Gasteiger partial charge in [-0.1, -0.05) is 0 Å². The van der Waals surface area contributed by atoms with Gasteiger partial charge in [0.2, 0.25) is 0 Å². The standard InChI is InChI=1S/C12H20O/c1-12(13)7-10-3-8-2-9(4-10)6-11(12)5-8/h8-11,13H,2-7H2,1H3/t8-,9+,10?,11?,12?. The van der Waals surface area contributed by atoms with Crippen molar-refractivity contribution in [1.82, 2.24) is 0 Å². The van der Waals surface area contributed by atoms with Gasteiger partial charge in [0, 0.05) is 0 Å². The molecule has 0 spiro atoms. The summed E-state index contributed by atoms with van der Waals surface area (Å²) >= 11 is 0. The lowest BCUT2D eigenvalue weighted by Crippen LogP contribution is -2.36. The smallest absolute Gasteiger partial charge is 0.0650 e. The van der Waals surface area contributed by atoms with Gasteiger partial charge in [-0.05, 0) is 69.1 Å². The van der Waals surface area contributed by atoms with E-state index in [9.17, 15) is 5.11 Å². The first-order valence-corrected chi connectivity index (χ1v) is 5.86. The van der Waals surface area contributed by atoms with Crippen molar-refractivity contribution in [3.05, 3.63) is 0 Å². The SMILES string of the molecule is CC1(O)CC2C[C@@H]3CC1C[C@H](C2)C3. The zero-order valence-electron chi connectivity index (χ0n) is 8.50. The summed E-state index contributed by atoms with van der Waals surface area (Å²) in [7, 11) is 0. The molecular formula is C12H20O. The van der Waals surface area contributed by atoms with Gasteiger partial charge in [0.15, 0.2) is 0 Å². The molecule has 74 valence electrons. The van der Waals surface area contributed by atoms with E-state index in [1.54, 1.807) is 0 Å². The highest BCUT2D eigenvalue weighted by molar-refractivity contribution is 4.99. The fraction of sp³-hybridized carbons (Fsp3) is 1.00. The van der Waals surface area contributed by atoms with Crippen molar-refractivity contribution in [3.8, 4) is 0 Å². The number of hydrogen-bond acceptors (Lipinski definition) is 1. The minimum Gasteiger partial charge on any atom is -0.390 e. The highest BCUT2D eigenvalue weighted by atomic mass is 16.3. The lowest BCUT2D eigenvalue weighted by Gasteiger charge is -2.39. The maximum absolute atomic E-state index is 10.4. The molecule has 5 atom stereocenters. The predicted octanol–water partition coefficient (Wildman–Crippen LogP) is 2.58. The summed E-state index contributed by atoms with van der Waals surface area (Å²) in [6.45, 7) is 2.08. The minimum absolute atomic E-state index is 0.325. The molecule has 4 saturated carbocycles. The third kappa shape index (κ3) is 1.24. The molecule has 0 saturated heterocycles. The molecule has 13 heavy (non-hydrogen) atoms. The molecule has 0 amide bonds. The lowest BCUT2D eigenvalue weighted by molar-refractivity contribution is -0.0225. The zero-order valence-corrected chi connectivity index (χ0v) is 8.50. The fourth-order valence-corrected chi connectivity index (χ4v) is 4.41. The van der Waals surface area contributed by atoms with Crippen molar-refractivity contribution in [2.45, 2.75) is 51.0 Å². The van der Waals surface area contributed by atoms with Gasteiger partial charge in [-0.25, -0.2) is 0 Å². The first-order chi connectivity index (χ1) is 6.13. The zero-order chi connectivity index (χ0) is 9.05. The molecule has 4 bridgehead atoms. The first kappa shape index (κ1) is 8.28. The van der Waals surface area contributed by atoms with Crippen molar-refractivity contribution in [3.63, 3.8) is 0 Å². The molecule has 0 aromatic carbocycles. The molecule has 1 nitrogen and oxygen atoms in total. The second-order valence-electron chi connectivity index (χ2n) is 6.03. The first-order valence-electron chi connectivity index (χ1n) is 5.86. The van der Waals surface area contributed by atoms with Crippen LogP contribution in [0.3, 0.4) is 0 Å². The van der Waals surface area contributed by atoms with Crippen LogP contribution in [0.25, 0.3) is 0 Å². The van der Waals surface area contributed by atoms with E-state index in [4.69, 9.17) is 0 Å². The monoisotopic (exact) mass is 180 g/mol. The van der Waals surface area contributed by atoms with Crippen LogP contribution >= 0.6 is 0 Å². The third-order valence-electron chi connectivity index (χ3n) is 4.82. The van der Waals surface area contributed by atoms with Gasteiger partial charge in [-0.15, -0.1) is 0 Å². The molecule has 0 aromatic heterocycles. The molecule has 3 unspecified atom stereocenters. The largest absolute Gasteiger partial charge is 0.390 e. The van der Waals surface area contributed by atoms with Crippen molar-refractivity contribution < 1.29 is 5.11 Å². The average molecular weight is 180 g/mol. The van der Waals surface area contributed by atoms with Crippen LogP contribution in [-0.4, -0.2) is 10.7 Å². The van der Waals surface area contributed by atoms with E-state index in [1.165, 1.54) is 32.1 Å². The van der Waals surface area contributed by atoms with Crippen molar-refractivity contribution in [2.75, 3.05) is 0 Å². The fourth-order valence-electron chi connectivity index (χ4n) is 4.41. The lowest BCUT2D eigenvalue weighted by atomic mass is 9.67. The van der Waals surface area contributed by atoms with E-state index in [-0.39, 0.29) is 5.60 Å². The highest BCUT2D eigenvalue weighted by Gasteiger charge is 2.48. The van der Waals surface area contributed by atoms with Gasteiger partial charge in [-0.3, -0.25) is 0 Å². The maximum Gasteiger partial charge on any atom is 0.0650 e. The van der Waals surface area contributed by atoms with E-state index in [2.05, 4.69) is 6.92 Å². The summed E-state index contributed by atoms with van der Waals surface area (Å²) in [4.78, 5) is 0. The highest BCUT2D eigenvalue weighted by Crippen LogP contribution is 2.54. The predicted molar refractivity (Wildman–Crippen MR) is 52.3 cm³/mol. The summed E-state index contributed by atoms with van der Waals surface area (Å²) in [6, 6.07) is 0. The quantitative estimate of drug-likeness (QED) is 0.607. The van der Waals surface area contributed by atoms with Crippen molar-refractivity contribution >= 4 is 0 Å². The minimum atomic E-state index is -0.325. The van der Waals surface area contributed by atoms with E-state index >= 15 is 0 Å². The molecule has 4 fully saturated rings. The summed E-state index contributed by atoms with van der Waals surface area (Å²) in [5.41, 5.74) is -0.325. The van der Waals surface area contributed by atoms with E-state index in [0.717, 1.165) is 24.2 Å². The number of rotatable bonds is 0. The molecule has 1 heteroatoms. The number of fused-ring (bicyclic) bond motifs is 1. The van der Waals surface area contributed by atoms with Crippen LogP contribution in [0.15, 0.2) is 0 Å². The average Bonchev–Trinajstić information content (AvgIpc) is 2.12. The Morgan fingerprint density at radius 2 is 1.46 bits per heavy atom. The Morgan fingerprint density at radius 1 is 0.923 bits per heavy atom. The Hall–Kier alpha value is -0.0400. The normalized spacial score (nSPS) is 59.5. The number of aliphatic hydroxyl groups is 1. The molecule has 4 aliphatic carbocycles. The molecule has 0 aromatic rings. The van der Waals surface area contributed by atoms with Gasteiger partial charge in [0.1, 0.15) is 0 Å². The second kappa shape index (κ2) is 2.50. The van der Waals surface area contributed by atoms with E-state index in [1.807, 2.05) is 0 Å². The molecule has 1 N–H and O–H groups in total. The summed E-state index contributed by atoms with van der Waals surface area (Å²) in [5.74, 6) is 3.42. The van der Waals surface area contributed by atoms with Gasteiger partial charge in [0.25, 0.3) is 0 Å².